The molecule has 0 saturated carbocycles. The van der Waals surface area contributed by atoms with Crippen molar-refractivity contribution < 1.29 is 4.92 Å². The van der Waals surface area contributed by atoms with Gasteiger partial charge in [-0.3, -0.25) is 10.1 Å². The van der Waals surface area contributed by atoms with Crippen molar-refractivity contribution in [2.24, 2.45) is 0 Å². The van der Waals surface area contributed by atoms with Gasteiger partial charge in [0.25, 0.3) is 5.69 Å². The van der Waals surface area contributed by atoms with Gasteiger partial charge in [0.05, 0.1) is 4.92 Å². The van der Waals surface area contributed by atoms with E-state index in [1.807, 2.05) is 26.8 Å². The van der Waals surface area contributed by atoms with Gasteiger partial charge in [-0.2, -0.15) is 0 Å². The second-order valence-corrected chi connectivity index (χ2v) is 4.58. The first-order chi connectivity index (χ1) is 6.32. The Morgan fingerprint density at radius 2 is 1.93 bits per heavy atom. The Morgan fingerprint density at radius 3 is 2.36 bits per heavy atom. The fourth-order valence-corrected chi connectivity index (χ4v) is 1.31. The highest BCUT2D eigenvalue weighted by Crippen LogP contribution is 2.30. The summed E-state index contributed by atoms with van der Waals surface area (Å²) in [5.41, 5.74) is 0.780. The largest absolute Gasteiger partial charge is 0.288 e. The van der Waals surface area contributed by atoms with Crippen molar-refractivity contribution in [1.82, 2.24) is 0 Å². The maximum Gasteiger partial charge on any atom is 0.288 e. The number of nitro benzene ring substituents is 1. The standard InChI is InChI=1S/C10H12ClNO2/c1-10(2,3)7-4-5-8(11)9(6-7)12(13)14/h4-6H,1-3H3. The molecule has 0 spiro atoms. The summed E-state index contributed by atoms with van der Waals surface area (Å²) in [6.45, 7) is 6.00. The second kappa shape index (κ2) is 3.58. The topological polar surface area (TPSA) is 43.1 Å². The summed E-state index contributed by atoms with van der Waals surface area (Å²) in [4.78, 5) is 10.2. The summed E-state index contributed by atoms with van der Waals surface area (Å²) in [7, 11) is 0. The fraction of sp³-hybridized carbons (Fsp3) is 0.400. The van der Waals surface area contributed by atoms with Crippen LogP contribution in [0.5, 0.6) is 0 Å². The Labute approximate surface area is 87.8 Å². The number of hydrogen-bond acceptors (Lipinski definition) is 2. The van der Waals surface area contributed by atoms with Gasteiger partial charge < -0.3 is 0 Å². The Morgan fingerprint density at radius 1 is 1.36 bits per heavy atom. The highest BCUT2D eigenvalue weighted by molar-refractivity contribution is 6.32. The van der Waals surface area contributed by atoms with Crippen molar-refractivity contribution >= 4 is 17.3 Å². The lowest BCUT2D eigenvalue weighted by Crippen LogP contribution is -2.11. The molecule has 1 aromatic carbocycles. The van der Waals surface area contributed by atoms with Crippen LogP contribution in [0.4, 0.5) is 5.69 Å². The molecule has 0 unspecified atom stereocenters. The van der Waals surface area contributed by atoms with E-state index in [-0.39, 0.29) is 16.1 Å². The lowest BCUT2D eigenvalue weighted by Gasteiger charge is -2.18. The van der Waals surface area contributed by atoms with E-state index >= 15 is 0 Å². The number of rotatable bonds is 1. The van der Waals surface area contributed by atoms with Crippen molar-refractivity contribution in [2.45, 2.75) is 26.2 Å². The van der Waals surface area contributed by atoms with Gasteiger partial charge in [-0.05, 0) is 17.0 Å². The average Bonchev–Trinajstić information content (AvgIpc) is 2.02. The van der Waals surface area contributed by atoms with Gasteiger partial charge in [-0.25, -0.2) is 0 Å². The van der Waals surface area contributed by atoms with Crippen LogP contribution in [-0.4, -0.2) is 4.92 Å². The van der Waals surface area contributed by atoms with E-state index < -0.39 is 4.92 Å². The van der Waals surface area contributed by atoms with Gasteiger partial charge in [0.2, 0.25) is 0 Å². The van der Waals surface area contributed by atoms with Gasteiger partial charge in [-0.1, -0.05) is 38.4 Å². The van der Waals surface area contributed by atoms with E-state index in [4.69, 9.17) is 11.6 Å². The molecule has 0 radical (unpaired) electrons. The quantitative estimate of drug-likeness (QED) is 0.529. The molecule has 1 rings (SSSR count). The molecule has 0 aliphatic heterocycles. The Kier molecular flexibility index (Phi) is 2.81. The molecule has 0 aliphatic rings. The van der Waals surface area contributed by atoms with Crippen LogP contribution in [0.2, 0.25) is 5.02 Å². The molecule has 0 bridgehead atoms. The predicted molar refractivity (Wildman–Crippen MR) is 56.8 cm³/mol. The monoisotopic (exact) mass is 213 g/mol. The first-order valence-electron chi connectivity index (χ1n) is 4.27. The Balaban J connectivity index is 3.27. The van der Waals surface area contributed by atoms with Crippen LogP contribution < -0.4 is 0 Å². The summed E-state index contributed by atoms with van der Waals surface area (Å²) in [6.07, 6.45) is 0. The van der Waals surface area contributed by atoms with E-state index in [9.17, 15) is 10.1 Å². The van der Waals surface area contributed by atoms with Crippen molar-refractivity contribution in [3.8, 4) is 0 Å². The summed E-state index contributed by atoms with van der Waals surface area (Å²) in [5.74, 6) is 0. The van der Waals surface area contributed by atoms with Crippen LogP contribution in [0.15, 0.2) is 18.2 Å². The Hall–Kier alpha value is -1.09. The highest BCUT2D eigenvalue weighted by atomic mass is 35.5. The number of nitro groups is 1. The van der Waals surface area contributed by atoms with Crippen LogP contribution in [0, 0.1) is 10.1 Å². The maximum absolute atomic E-state index is 10.6. The minimum atomic E-state index is -0.461. The molecule has 0 fully saturated rings. The van der Waals surface area contributed by atoms with Crippen molar-refractivity contribution in [3.05, 3.63) is 38.9 Å². The molecule has 0 heterocycles. The van der Waals surface area contributed by atoms with Crippen molar-refractivity contribution in [1.29, 1.82) is 0 Å². The third-order valence-electron chi connectivity index (χ3n) is 2.01. The van der Waals surface area contributed by atoms with E-state index in [0.717, 1.165) is 5.56 Å². The van der Waals surface area contributed by atoms with Gasteiger partial charge >= 0.3 is 0 Å². The number of benzene rings is 1. The third-order valence-corrected chi connectivity index (χ3v) is 2.33. The molecule has 3 nitrogen and oxygen atoms in total. The normalized spacial score (nSPS) is 11.4. The van der Waals surface area contributed by atoms with Gasteiger partial charge in [-0.15, -0.1) is 0 Å². The number of nitrogens with zero attached hydrogens (tertiary/aromatic N) is 1. The fourth-order valence-electron chi connectivity index (χ4n) is 1.12. The van der Waals surface area contributed by atoms with Gasteiger partial charge in [0.15, 0.2) is 0 Å². The highest BCUT2D eigenvalue weighted by Gasteiger charge is 2.19. The molecule has 14 heavy (non-hydrogen) atoms. The SMILES string of the molecule is CC(C)(C)c1ccc(Cl)c([N+](=O)[O-])c1. The third kappa shape index (κ3) is 2.23. The summed E-state index contributed by atoms with van der Waals surface area (Å²) in [6, 6.07) is 4.91. The van der Waals surface area contributed by atoms with Crippen LogP contribution >= 0.6 is 11.6 Å². The summed E-state index contributed by atoms with van der Waals surface area (Å²) >= 11 is 5.70. The molecule has 0 saturated heterocycles. The number of halogens is 1. The molecule has 0 aliphatic carbocycles. The van der Waals surface area contributed by atoms with Crippen LogP contribution in [0.1, 0.15) is 26.3 Å². The first kappa shape index (κ1) is 11.0. The zero-order valence-corrected chi connectivity index (χ0v) is 9.13. The van der Waals surface area contributed by atoms with Crippen LogP contribution in [-0.2, 0) is 5.41 Å². The van der Waals surface area contributed by atoms with Crippen molar-refractivity contribution in [3.63, 3.8) is 0 Å². The molecular formula is C10H12ClNO2. The lowest BCUT2D eigenvalue weighted by atomic mass is 9.87. The van der Waals surface area contributed by atoms with E-state index in [1.165, 1.54) is 6.07 Å². The van der Waals surface area contributed by atoms with E-state index in [0.29, 0.717) is 0 Å². The molecule has 0 aromatic heterocycles. The average molecular weight is 214 g/mol. The minimum Gasteiger partial charge on any atom is -0.258 e. The Bertz CT molecular complexity index is 369. The zero-order chi connectivity index (χ0) is 10.9. The first-order valence-corrected chi connectivity index (χ1v) is 4.64. The molecule has 1 aromatic rings. The predicted octanol–water partition coefficient (Wildman–Crippen LogP) is 3.55. The van der Waals surface area contributed by atoms with Crippen LogP contribution in [0.25, 0.3) is 0 Å². The van der Waals surface area contributed by atoms with Crippen molar-refractivity contribution in [2.75, 3.05) is 0 Å². The van der Waals surface area contributed by atoms with Gasteiger partial charge in [0, 0.05) is 6.07 Å². The zero-order valence-electron chi connectivity index (χ0n) is 8.37. The lowest BCUT2D eigenvalue weighted by molar-refractivity contribution is -0.384. The molecule has 76 valence electrons. The summed E-state index contributed by atoms with van der Waals surface area (Å²) < 4.78 is 0. The molecule has 0 amide bonds. The van der Waals surface area contributed by atoms with Crippen LogP contribution in [0.3, 0.4) is 0 Å². The van der Waals surface area contributed by atoms with Gasteiger partial charge in [0.1, 0.15) is 5.02 Å². The molecule has 4 heteroatoms. The van der Waals surface area contributed by atoms with E-state index in [2.05, 4.69) is 0 Å². The van der Waals surface area contributed by atoms with E-state index in [1.54, 1.807) is 6.07 Å². The molecular weight excluding hydrogens is 202 g/mol. The maximum atomic E-state index is 10.6. The number of hydrogen-bond donors (Lipinski definition) is 0. The molecule has 0 N–H and O–H groups in total. The minimum absolute atomic E-state index is 0.0286. The summed E-state index contributed by atoms with van der Waals surface area (Å²) in [5, 5.41) is 10.8. The molecule has 0 atom stereocenters. The smallest absolute Gasteiger partial charge is 0.258 e. The second-order valence-electron chi connectivity index (χ2n) is 4.17.